The fourth-order valence-electron chi connectivity index (χ4n) is 2.27. The largest absolute Gasteiger partial charge is 0.454 e. The van der Waals surface area contributed by atoms with Gasteiger partial charge in [0.15, 0.2) is 11.5 Å². The van der Waals surface area contributed by atoms with Gasteiger partial charge in [-0.2, -0.15) is 0 Å². The van der Waals surface area contributed by atoms with E-state index in [9.17, 15) is 0 Å². The third-order valence-electron chi connectivity index (χ3n) is 3.67. The van der Waals surface area contributed by atoms with Crippen LogP contribution in [-0.2, 0) is 6.54 Å². The number of halogens is 1. The molecule has 1 N–H and O–H groups in total. The van der Waals surface area contributed by atoms with Crippen LogP contribution in [0.15, 0.2) is 16.6 Å². The molecule has 104 valence electrons. The van der Waals surface area contributed by atoms with Crippen LogP contribution in [0.3, 0.4) is 0 Å². The summed E-state index contributed by atoms with van der Waals surface area (Å²) < 4.78 is 11.8. The zero-order valence-electron chi connectivity index (χ0n) is 11.1. The monoisotopic (exact) mass is 326 g/mol. The number of ether oxygens (including phenoxy) is 2. The Morgan fingerprint density at radius 3 is 2.79 bits per heavy atom. The molecule has 1 saturated carbocycles. The van der Waals surface area contributed by atoms with Gasteiger partial charge in [0.1, 0.15) is 0 Å². The van der Waals surface area contributed by atoms with Crippen molar-refractivity contribution in [2.75, 3.05) is 26.9 Å². The maximum absolute atomic E-state index is 5.40. The summed E-state index contributed by atoms with van der Waals surface area (Å²) >= 11 is 3.58. The Morgan fingerprint density at radius 2 is 2.05 bits per heavy atom. The second kappa shape index (κ2) is 5.69. The molecule has 1 aromatic carbocycles. The van der Waals surface area contributed by atoms with Crippen molar-refractivity contribution in [1.29, 1.82) is 0 Å². The van der Waals surface area contributed by atoms with Crippen molar-refractivity contribution in [3.05, 3.63) is 22.2 Å². The van der Waals surface area contributed by atoms with Crippen LogP contribution in [-0.4, -0.2) is 37.9 Å². The van der Waals surface area contributed by atoms with Crippen molar-refractivity contribution < 1.29 is 9.47 Å². The van der Waals surface area contributed by atoms with Gasteiger partial charge in [0.2, 0.25) is 6.79 Å². The van der Waals surface area contributed by atoms with Crippen LogP contribution in [0.25, 0.3) is 0 Å². The smallest absolute Gasteiger partial charge is 0.231 e. The average molecular weight is 327 g/mol. The van der Waals surface area contributed by atoms with Gasteiger partial charge in [-0.3, -0.25) is 0 Å². The highest BCUT2D eigenvalue weighted by molar-refractivity contribution is 9.10. The van der Waals surface area contributed by atoms with E-state index in [2.05, 4.69) is 33.2 Å². The summed E-state index contributed by atoms with van der Waals surface area (Å²) in [5.41, 5.74) is 1.21. The van der Waals surface area contributed by atoms with Gasteiger partial charge in [-0.25, -0.2) is 0 Å². The Balaban J connectivity index is 1.49. The molecule has 0 saturated heterocycles. The van der Waals surface area contributed by atoms with Crippen molar-refractivity contribution in [2.45, 2.75) is 25.4 Å². The molecule has 0 unspecified atom stereocenters. The number of benzene rings is 1. The van der Waals surface area contributed by atoms with Crippen molar-refractivity contribution in [3.63, 3.8) is 0 Å². The molecule has 0 aromatic heterocycles. The lowest BCUT2D eigenvalue weighted by Crippen LogP contribution is -2.30. The van der Waals surface area contributed by atoms with Crippen LogP contribution in [0, 0.1) is 0 Å². The average Bonchev–Trinajstić information content (AvgIpc) is 3.15. The standard InChI is InChI=1S/C14H19BrN2O2/c1-17(11-2-3-11)5-4-16-8-10-6-13-14(7-12(10)15)19-9-18-13/h6-7,11,16H,2-5,8-9H2,1H3. The van der Waals surface area contributed by atoms with Crippen molar-refractivity contribution in [3.8, 4) is 11.5 Å². The zero-order chi connectivity index (χ0) is 13.2. The van der Waals surface area contributed by atoms with Crippen LogP contribution in [0.2, 0.25) is 0 Å². The Kier molecular flexibility index (Phi) is 3.96. The maximum Gasteiger partial charge on any atom is 0.231 e. The predicted octanol–water partition coefficient (Wildman–Crippen LogP) is 2.36. The van der Waals surface area contributed by atoms with E-state index in [-0.39, 0.29) is 0 Å². The molecule has 1 aliphatic heterocycles. The van der Waals surface area contributed by atoms with Crippen LogP contribution < -0.4 is 14.8 Å². The first-order valence-electron chi connectivity index (χ1n) is 6.73. The highest BCUT2D eigenvalue weighted by Crippen LogP contribution is 2.36. The van der Waals surface area contributed by atoms with Crippen molar-refractivity contribution >= 4 is 15.9 Å². The Morgan fingerprint density at radius 1 is 1.32 bits per heavy atom. The molecule has 1 aromatic rings. The lowest BCUT2D eigenvalue weighted by Gasteiger charge is -2.16. The van der Waals surface area contributed by atoms with E-state index in [1.807, 2.05) is 12.1 Å². The first-order valence-corrected chi connectivity index (χ1v) is 7.52. The first kappa shape index (κ1) is 13.2. The molecular formula is C14H19BrN2O2. The summed E-state index contributed by atoms with van der Waals surface area (Å²) in [7, 11) is 2.20. The van der Waals surface area contributed by atoms with Gasteiger partial charge in [0.25, 0.3) is 0 Å². The normalized spacial score (nSPS) is 17.2. The third-order valence-corrected chi connectivity index (χ3v) is 4.41. The van der Waals surface area contributed by atoms with E-state index in [4.69, 9.17) is 9.47 Å². The molecule has 1 fully saturated rings. The van der Waals surface area contributed by atoms with Crippen LogP contribution >= 0.6 is 15.9 Å². The number of hydrogen-bond donors (Lipinski definition) is 1. The summed E-state index contributed by atoms with van der Waals surface area (Å²) in [6.45, 7) is 3.28. The number of hydrogen-bond acceptors (Lipinski definition) is 4. The molecule has 19 heavy (non-hydrogen) atoms. The second-order valence-electron chi connectivity index (χ2n) is 5.19. The van der Waals surface area contributed by atoms with Crippen molar-refractivity contribution in [1.82, 2.24) is 10.2 Å². The van der Waals surface area contributed by atoms with E-state index in [0.29, 0.717) is 6.79 Å². The molecule has 4 nitrogen and oxygen atoms in total. The van der Waals surface area contributed by atoms with Crippen LogP contribution in [0.4, 0.5) is 0 Å². The Hall–Kier alpha value is -0.780. The fraction of sp³-hybridized carbons (Fsp3) is 0.571. The predicted molar refractivity (Wildman–Crippen MR) is 77.6 cm³/mol. The lowest BCUT2D eigenvalue weighted by atomic mass is 10.2. The summed E-state index contributed by atoms with van der Waals surface area (Å²) in [5.74, 6) is 1.67. The van der Waals surface area contributed by atoms with Crippen LogP contribution in [0.5, 0.6) is 11.5 Å². The highest BCUT2D eigenvalue weighted by Gasteiger charge is 2.25. The molecule has 1 heterocycles. The highest BCUT2D eigenvalue weighted by atomic mass is 79.9. The molecule has 5 heteroatoms. The minimum absolute atomic E-state index is 0.324. The number of fused-ring (bicyclic) bond motifs is 1. The summed E-state index contributed by atoms with van der Waals surface area (Å²) in [4.78, 5) is 2.43. The minimum atomic E-state index is 0.324. The summed E-state index contributed by atoms with van der Waals surface area (Å²) in [6.07, 6.45) is 2.73. The van der Waals surface area contributed by atoms with Gasteiger partial charge < -0.3 is 19.7 Å². The van der Waals surface area contributed by atoms with E-state index in [1.165, 1.54) is 18.4 Å². The Bertz CT molecular complexity index is 463. The van der Waals surface area contributed by atoms with E-state index in [1.54, 1.807) is 0 Å². The molecule has 0 radical (unpaired) electrons. The number of rotatable bonds is 6. The summed E-state index contributed by atoms with van der Waals surface area (Å²) in [6, 6.07) is 4.86. The van der Waals surface area contributed by atoms with E-state index >= 15 is 0 Å². The quantitative estimate of drug-likeness (QED) is 0.814. The van der Waals surface area contributed by atoms with E-state index < -0.39 is 0 Å². The first-order chi connectivity index (χ1) is 9.24. The van der Waals surface area contributed by atoms with Gasteiger partial charge in [-0.1, -0.05) is 15.9 Å². The second-order valence-corrected chi connectivity index (χ2v) is 6.04. The zero-order valence-corrected chi connectivity index (χ0v) is 12.7. The third kappa shape index (κ3) is 3.22. The Labute approximate surface area is 122 Å². The number of nitrogens with zero attached hydrogens (tertiary/aromatic N) is 1. The number of likely N-dealkylation sites (N-methyl/N-ethyl adjacent to an activating group) is 1. The van der Waals surface area contributed by atoms with Crippen LogP contribution in [0.1, 0.15) is 18.4 Å². The van der Waals surface area contributed by atoms with Gasteiger partial charge in [0.05, 0.1) is 0 Å². The molecule has 0 spiro atoms. The molecule has 0 atom stereocenters. The van der Waals surface area contributed by atoms with Gasteiger partial charge in [-0.05, 0) is 37.6 Å². The molecule has 0 bridgehead atoms. The fourth-order valence-corrected chi connectivity index (χ4v) is 2.73. The molecule has 3 rings (SSSR count). The van der Waals surface area contributed by atoms with Gasteiger partial charge in [-0.15, -0.1) is 0 Å². The van der Waals surface area contributed by atoms with E-state index in [0.717, 1.165) is 41.6 Å². The van der Waals surface area contributed by atoms with Gasteiger partial charge in [0, 0.05) is 30.1 Å². The topological polar surface area (TPSA) is 33.7 Å². The molecular weight excluding hydrogens is 308 g/mol. The SMILES string of the molecule is CN(CCNCc1cc2c(cc1Br)OCO2)C1CC1. The maximum atomic E-state index is 5.40. The molecule has 0 amide bonds. The molecule has 2 aliphatic rings. The van der Waals surface area contributed by atoms with Gasteiger partial charge >= 0.3 is 0 Å². The molecule has 1 aliphatic carbocycles. The lowest BCUT2D eigenvalue weighted by molar-refractivity contribution is 0.174. The minimum Gasteiger partial charge on any atom is -0.454 e. The number of nitrogens with one attached hydrogen (secondary N) is 1. The van der Waals surface area contributed by atoms with Crippen molar-refractivity contribution in [2.24, 2.45) is 0 Å². The summed E-state index contributed by atoms with van der Waals surface area (Å²) in [5, 5.41) is 3.48.